The Hall–Kier alpha value is -5.56. The lowest BCUT2D eigenvalue weighted by atomic mass is 10.0. The van der Waals surface area contributed by atoms with Crippen LogP contribution in [0.1, 0.15) is 0 Å². The molecule has 9 aromatic rings. The van der Waals surface area contributed by atoms with Crippen LogP contribution in [0.4, 0.5) is 0 Å². The van der Waals surface area contributed by atoms with Gasteiger partial charge in [-0.1, -0.05) is 121 Å². The van der Waals surface area contributed by atoms with Crippen LogP contribution in [0, 0.1) is 0 Å². The van der Waals surface area contributed by atoms with Gasteiger partial charge in [0, 0.05) is 42.4 Å². The maximum absolute atomic E-state index is 5.14. The topological polar surface area (TPSA) is 51.6 Å². The zero-order valence-corrected chi connectivity index (χ0v) is 26.1. The van der Waals surface area contributed by atoms with Crippen molar-refractivity contribution in [3.63, 3.8) is 0 Å². The van der Waals surface area contributed by atoms with Gasteiger partial charge in [0.1, 0.15) is 5.01 Å². The maximum atomic E-state index is 5.14. The van der Waals surface area contributed by atoms with Crippen LogP contribution in [0.25, 0.3) is 86.3 Å². The maximum Gasteiger partial charge on any atom is 0.165 e. The minimum atomic E-state index is 0.648. The molecule has 0 saturated carbocycles. The number of rotatable bonds is 5. The van der Waals surface area contributed by atoms with Crippen LogP contribution in [0.5, 0.6) is 0 Å². The van der Waals surface area contributed by atoms with Gasteiger partial charge in [0.05, 0.1) is 10.2 Å². The fraction of sp³-hybridized carbons (Fsp3) is 0. The second-order valence-electron chi connectivity index (χ2n) is 11.1. The SMILES string of the molecule is c1ccc(-c2cccc(-c3nc(-c4ccccc4)nc(-c4cccc5c4sc4c(-c6nc7ccccc7s6)cccc45)n3)c2)cc1. The predicted molar refractivity (Wildman–Crippen MR) is 193 cm³/mol. The van der Waals surface area contributed by atoms with Gasteiger partial charge in [-0.05, 0) is 35.4 Å². The molecule has 0 aliphatic heterocycles. The van der Waals surface area contributed by atoms with E-state index in [0.29, 0.717) is 17.5 Å². The van der Waals surface area contributed by atoms with Crippen molar-refractivity contribution in [3.05, 3.63) is 146 Å². The molecule has 3 heterocycles. The van der Waals surface area contributed by atoms with Gasteiger partial charge in [-0.25, -0.2) is 19.9 Å². The van der Waals surface area contributed by atoms with Crippen LogP contribution in [-0.4, -0.2) is 19.9 Å². The van der Waals surface area contributed by atoms with E-state index in [1.807, 2.05) is 42.5 Å². The molecule has 216 valence electrons. The summed E-state index contributed by atoms with van der Waals surface area (Å²) in [6, 6.07) is 50.3. The summed E-state index contributed by atoms with van der Waals surface area (Å²) >= 11 is 3.52. The standard InChI is InChI=1S/C40H24N4S2/c1-3-12-25(13-4-1)27-16-9-17-28(24-27)38-42-37(26-14-5-2-6-15-26)43-39(44-38)31-20-10-18-29-30-19-11-21-32(36(30)46-35(29)31)40-41-33-22-7-8-23-34(33)45-40/h1-24H. The van der Waals surface area contributed by atoms with Crippen LogP contribution in [0.15, 0.2) is 146 Å². The molecule has 6 heteroatoms. The van der Waals surface area contributed by atoms with Crippen molar-refractivity contribution in [2.24, 2.45) is 0 Å². The van der Waals surface area contributed by atoms with Crippen LogP contribution >= 0.6 is 22.7 Å². The first-order valence-corrected chi connectivity index (χ1v) is 16.7. The molecule has 0 spiro atoms. The fourth-order valence-corrected chi connectivity index (χ4v) is 8.35. The number of hydrogen-bond acceptors (Lipinski definition) is 6. The van der Waals surface area contributed by atoms with Crippen LogP contribution in [0.3, 0.4) is 0 Å². The molecule has 0 radical (unpaired) electrons. The molecule has 0 atom stereocenters. The number of aromatic nitrogens is 4. The van der Waals surface area contributed by atoms with E-state index in [1.165, 1.54) is 20.2 Å². The highest BCUT2D eigenvalue weighted by molar-refractivity contribution is 7.27. The van der Waals surface area contributed by atoms with E-state index in [1.54, 1.807) is 22.7 Å². The highest BCUT2D eigenvalue weighted by Gasteiger charge is 2.19. The van der Waals surface area contributed by atoms with E-state index in [0.717, 1.165) is 48.6 Å². The largest absolute Gasteiger partial charge is 0.236 e. The number of thiazole rings is 1. The number of hydrogen-bond donors (Lipinski definition) is 0. The van der Waals surface area contributed by atoms with Gasteiger partial charge in [0.15, 0.2) is 17.5 Å². The summed E-state index contributed by atoms with van der Waals surface area (Å²) in [6.45, 7) is 0. The molecule has 0 N–H and O–H groups in total. The summed E-state index contributed by atoms with van der Waals surface area (Å²) in [7, 11) is 0. The van der Waals surface area contributed by atoms with E-state index in [9.17, 15) is 0 Å². The number of fused-ring (bicyclic) bond motifs is 4. The molecule has 9 rings (SSSR count). The average Bonchev–Trinajstić information content (AvgIpc) is 3.74. The van der Waals surface area contributed by atoms with E-state index in [4.69, 9.17) is 19.9 Å². The Kier molecular flexibility index (Phi) is 6.47. The van der Waals surface area contributed by atoms with Crippen molar-refractivity contribution in [3.8, 4) is 55.9 Å². The zero-order valence-electron chi connectivity index (χ0n) is 24.5. The number of para-hydroxylation sites is 1. The van der Waals surface area contributed by atoms with Crippen molar-refractivity contribution < 1.29 is 0 Å². The molecule has 6 aromatic carbocycles. The second kappa shape index (κ2) is 11.1. The third-order valence-electron chi connectivity index (χ3n) is 8.18. The van der Waals surface area contributed by atoms with Crippen molar-refractivity contribution in [1.82, 2.24) is 19.9 Å². The number of benzene rings is 6. The van der Waals surface area contributed by atoms with Gasteiger partial charge in [-0.2, -0.15) is 0 Å². The molecule has 3 aromatic heterocycles. The Morgan fingerprint density at radius 3 is 1.70 bits per heavy atom. The first kappa shape index (κ1) is 26.8. The number of thiophene rings is 1. The molecule has 0 fully saturated rings. The normalized spacial score (nSPS) is 11.5. The molecule has 0 aliphatic carbocycles. The summed E-state index contributed by atoms with van der Waals surface area (Å²) < 4.78 is 3.57. The Morgan fingerprint density at radius 1 is 0.370 bits per heavy atom. The number of nitrogens with zero attached hydrogens (tertiary/aromatic N) is 4. The van der Waals surface area contributed by atoms with E-state index in [2.05, 4.69) is 103 Å². The van der Waals surface area contributed by atoms with Gasteiger partial charge >= 0.3 is 0 Å². The summed E-state index contributed by atoms with van der Waals surface area (Å²) in [5, 5.41) is 3.44. The summed E-state index contributed by atoms with van der Waals surface area (Å²) in [5.74, 6) is 1.96. The third kappa shape index (κ3) is 4.67. The first-order valence-electron chi connectivity index (χ1n) is 15.1. The smallest absolute Gasteiger partial charge is 0.165 e. The molecular weight excluding hydrogens is 601 g/mol. The average molecular weight is 625 g/mol. The Labute approximate surface area is 273 Å². The minimum Gasteiger partial charge on any atom is -0.236 e. The molecule has 0 unspecified atom stereocenters. The Balaban J connectivity index is 1.25. The Bertz CT molecular complexity index is 2500. The molecule has 0 amide bonds. The van der Waals surface area contributed by atoms with Crippen molar-refractivity contribution in [2.45, 2.75) is 0 Å². The predicted octanol–water partition coefficient (Wildman–Crippen LogP) is 11.2. The lowest BCUT2D eigenvalue weighted by Gasteiger charge is -2.10. The highest BCUT2D eigenvalue weighted by atomic mass is 32.1. The fourth-order valence-electron chi connectivity index (χ4n) is 5.96. The quantitative estimate of drug-likeness (QED) is 0.191. The third-order valence-corrected chi connectivity index (χ3v) is 10.5. The molecule has 0 saturated heterocycles. The first-order chi connectivity index (χ1) is 22.8. The Morgan fingerprint density at radius 2 is 0.935 bits per heavy atom. The van der Waals surface area contributed by atoms with Gasteiger partial charge in [-0.3, -0.25) is 0 Å². The van der Waals surface area contributed by atoms with Gasteiger partial charge < -0.3 is 0 Å². The van der Waals surface area contributed by atoms with Crippen molar-refractivity contribution >= 4 is 53.1 Å². The van der Waals surface area contributed by atoms with Gasteiger partial charge in [-0.15, -0.1) is 22.7 Å². The molecule has 0 aliphatic rings. The summed E-state index contributed by atoms with van der Waals surface area (Å²) in [4.78, 5) is 20.2. The van der Waals surface area contributed by atoms with Gasteiger partial charge in [0.2, 0.25) is 0 Å². The summed E-state index contributed by atoms with van der Waals surface area (Å²) in [5.41, 5.74) is 7.36. The molecule has 4 nitrogen and oxygen atoms in total. The lowest BCUT2D eigenvalue weighted by molar-refractivity contribution is 1.08. The van der Waals surface area contributed by atoms with E-state index >= 15 is 0 Å². The monoisotopic (exact) mass is 624 g/mol. The van der Waals surface area contributed by atoms with Crippen molar-refractivity contribution in [1.29, 1.82) is 0 Å². The van der Waals surface area contributed by atoms with Crippen molar-refractivity contribution in [2.75, 3.05) is 0 Å². The molecule has 46 heavy (non-hydrogen) atoms. The molecular formula is C40H24N4S2. The second-order valence-corrected chi connectivity index (χ2v) is 13.1. The highest BCUT2D eigenvalue weighted by Crippen LogP contribution is 2.44. The zero-order chi connectivity index (χ0) is 30.5. The van der Waals surface area contributed by atoms with Crippen LogP contribution in [0.2, 0.25) is 0 Å². The van der Waals surface area contributed by atoms with Crippen LogP contribution < -0.4 is 0 Å². The summed E-state index contributed by atoms with van der Waals surface area (Å²) in [6.07, 6.45) is 0. The lowest BCUT2D eigenvalue weighted by Crippen LogP contribution is -2.00. The van der Waals surface area contributed by atoms with E-state index < -0.39 is 0 Å². The van der Waals surface area contributed by atoms with E-state index in [-0.39, 0.29) is 0 Å². The van der Waals surface area contributed by atoms with Crippen LogP contribution in [-0.2, 0) is 0 Å². The molecule has 0 bridgehead atoms. The van der Waals surface area contributed by atoms with Gasteiger partial charge in [0.25, 0.3) is 0 Å². The minimum absolute atomic E-state index is 0.648.